The van der Waals surface area contributed by atoms with Crippen molar-refractivity contribution in [2.45, 2.75) is 11.8 Å². The molecule has 0 saturated heterocycles. The second kappa shape index (κ2) is 5.35. The quantitative estimate of drug-likeness (QED) is 0.750. The van der Waals surface area contributed by atoms with Gasteiger partial charge in [-0.15, -0.1) is 0 Å². The van der Waals surface area contributed by atoms with Crippen LogP contribution in [0.3, 0.4) is 0 Å². The summed E-state index contributed by atoms with van der Waals surface area (Å²) in [6.07, 6.45) is 0. The Morgan fingerprint density at radius 1 is 0.864 bits per heavy atom. The predicted molar refractivity (Wildman–Crippen MR) is 84.6 cm³/mol. The molecule has 0 heterocycles. The van der Waals surface area contributed by atoms with E-state index in [0.29, 0.717) is 5.39 Å². The lowest BCUT2D eigenvalue weighted by molar-refractivity contribution is 0.476. The van der Waals surface area contributed by atoms with Crippen molar-refractivity contribution in [2.24, 2.45) is 0 Å². The number of aromatic hydroxyl groups is 1. The smallest absolute Gasteiger partial charge is 0.339 e. The molecule has 3 rings (SSSR count). The lowest BCUT2D eigenvalue weighted by atomic mass is 10.1. The number of hydrogen-bond acceptors (Lipinski definition) is 4. The van der Waals surface area contributed by atoms with Gasteiger partial charge in [0.2, 0.25) is 0 Å². The molecule has 0 unspecified atom stereocenters. The molecule has 0 bridgehead atoms. The predicted octanol–water partition coefficient (Wildman–Crippen LogP) is 3.62. The van der Waals surface area contributed by atoms with Crippen LogP contribution in [0.1, 0.15) is 5.56 Å². The van der Waals surface area contributed by atoms with Gasteiger partial charge >= 0.3 is 10.1 Å². The zero-order valence-electron chi connectivity index (χ0n) is 11.9. The number of fused-ring (bicyclic) bond motifs is 1. The van der Waals surface area contributed by atoms with Gasteiger partial charge in [0.25, 0.3) is 0 Å². The third kappa shape index (κ3) is 2.89. The molecule has 0 aromatic heterocycles. The number of hydrogen-bond donors (Lipinski definition) is 1. The van der Waals surface area contributed by atoms with Crippen LogP contribution in [0.15, 0.2) is 65.6 Å². The lowest BCUT2D eigenvalue weighted by Gasteiger charge is -2.08. The summed E-state index contributed by atoms with van der Waals surface area (Å²) in [4.78, 5) is 0.0752. The third-order valence-corrected chi connectivity index (χ3v) is 4.55. The van der Waals surface area contributed by atoms with Crippen LogP contribution in [0.4, 0.5) is 0 Å². The van der Waals surface area contributed by atoms with Gasteiger partial charge in [-0.2, -0.15) is 8.42 Å². The fourth-order valence-electron chi connectivity index (χ4n) is 2.14. The topological polar surface area (TPSA) is 63.6 Å². The van der Waals surface area contributed by atoms with Crippen LogP contribution in [-0.2, 0) is 10.1 Å². The Labute approximate surface area is 128 Å². The molecule has 22 heavy (non-hydrogen) atoms. The molecule has 0 aliphatic carbocycles. The van der Waals surface area contributed by atoms with Gasteiger partial charge < -0.3 is 9.29 Å². The third-order valence-electron chi connectivity index (χ3n) is 3.31. The highest BCUT2D eigenvalue weighted by Gasteiger charge is 2.17. The fraction of sp³-hybridized carbons (Fsp3) is 0.0588. The molecular weight excluding hydrogens is 300 g/mol. The van der Waals surface area contributed by atoms with Crippen molar-refractivity contribution in [3.05, 3.63) is 66.2 Å². The molecule has 1 N–H and O–H groups in total. The number of aryl methyl sites for hydroxylation is 1. The van der Waals surface area contributed by atoms with E-state index in [4.69, 9.17) is 4.18 Å². The summed E-state index contributed by atoms with van der Waals surface area (Å²) in [5.41, 5.74) is 1.02. The van der Waals surface area contributed by atoms with Crippen molar-refractivity contribution in [1.82, 2.24) is 0 Å². The summed E-state index contributed by atoms with van der Waals surface area (Å²) in [6.45, 7) is 1.91. The second-order valence-corrected chi connectivity index (χ2v) is 6.59. The molecule has 0 aliphatic heterocycles. The molecule has 0 fully saturated rings. The van der Waals surface area contributed by atoms with E-state index < -0.39 is 10.1 Å². The van der Waals surface area contributed by atoms with Crippen molar-refractivity contribution in [3.8, 4) is 11.5 Å². The zero-order chi connectivity index (χ0) is 15.7. The second-order valence-electron chi connectivity index (χ2n) is 5.04. The van der Waals surface area contributed by atoms with Gasteiger partial charge in [0.1, 0.15) is 16.4 Å². The van der Waals surface area contributed by atoms with E-state index in [1.807, 2.05) is 6.92 Å². The largest absolute Gasteiger partial charge is 0.508 e. The fourth-order valence-corrected chi connectivity index (χ4v) is 3.10. The van der Waals surface area contributed by atoms with E-state index in [9.17, 15) is 13.5 Å². The Morgan fingerprint density at radius 3 is 2.23 bits per heavy atom. The monoisotopic (exact) mass is 314 g/mol. The number of benzene rings is 3. The Hall–Kier alpha value is -2.53. The SMILES string of the molecule is Cc1ccc(OS(=O)(=O)c2ccc3cc(O)ccc3c2)cc1. The minimum Gasteiger partial charge on any atom is -0.508 e. The maximum absolute atomic E-state index is 12.3. The first-order chi connectivity index (χ1) is 10.4. The van der Waals surface area contributed by atoms with E-state index in [1.54, 1.807) is 42.5 Å². The zero-order valence-corrected chi connectivity index (χ0v) is 12.7. The van der Waals surface area contributed by atoms with Crippen molar-refractivity contribution < 1.29 is 17.7 Å². The van der Waals surface area contributed by atoms with Crippen LogP contribution in [0.25, 0.3) is 10.8 Å². The van der Waals surface area contributed by atoms with Crippen LogP contribution in [0.2, 0.25) is 0 Å². The summed E-state index contributed by atoms with van der Waals surface area (Å²) in [6, 6.07) is 16.2. The first-order valence-electron chi connectivity index (χ1n) is 6.68. The first-order valence-corrected chi connectivity index (χ1v) is 8.09. The Bertz CT molecular complexity index is 929. The van der Waals surface area contributed by atoms with Crippen LogP contribution < -0.4 is 4.18 Å². The molecule has 0 radical (unpaired) electrons. The molecule has 0 aliphatic rings. The van der Waals surface area contributed by atoms with Gasteiger partial charge in [0.15, 0.2) is 0 Å². The minimum absolute atomic E-state index is 0.0752. The molecular formula is C17H14O4S. The molecule has 0 amide bonds. The van der Waals surface area contributed by atoms with Crippen molar-refractivity contribution in [3.63, 3.8) is 0 Å². The van der Waals surface area contributed by atoms with Crippen LogP contribution in [0, 0.1) is 6.92 Å². The van der Waals surface area contributed by atoms with Crippen LogP contribution >= 0.6 is 0 Å². The van der Waals surface area contributed by atoms with E-state index in [0.717, 1.165) is 10.9 Å². The molecule has 3 aromatic rings. The number of phenolic OH excluding ortho intramolecular Hbond substituents is 1. The van der Waals surface area contributed by atoms with E-state index >= 15 is 0 Å². The average molecular weight is 314 g/mol. The van der Waals surface area contributed by atoms with Gasteiger partial charge in [0.05, 0.1) is 0 Å². The van der Waals surface area contributed by atoms with E-state index in [2.05, 4.69) is 0 Å². The summed E-state index contributed by atoms with van der Waals surface area (Å²) >= 11 is 0. The molecule has 0 atom stereocenters. The number of rotatable bonds is 3. The van der Waals surface area contributed by atoms with Gasteiger partial charge in [-0.3, -0.25) is 0 Å². The minimum atomic E-state index is -3.89. The number of phenols is 1. The van der Waals surface area contributed by atoms with Crippen LogP contribution in [0.5, 0.6) is 11.5 Å². The van der Waals surface area contributed by atoms with Crippen molar-refractivity contribution in [1.29, 1.82) is 0 Å². The molecule has 112 valence electrons. The summed E-state index contributed by atoms with van der Waals surface area (Å²) in [7, 11) is -3.89. The lowest BCUT2D eigenvalue weighted by Crippen LogP contribution is -2.09. The molecule has 4 nitrogen and oxygen atoms in total. The highest BCUT2D eigenvalue weighted by molar-refractivity contribution is 7.87. The van der Waals surface area contributed by atoms with Gasteiger partial charge in [0, 0.05) is 0 Å². The van der Waals surface area contributed by atoms with E-state index in [-0.39, 0.29) is 16.4 Å². The van der Waals surface area contributed by atoms with E-state index in [1.165, 1.54) is 18.2 Å². The van der Waals surface area contributed by atoms with Gasteiger partial charge in [-0.1, -0.05) is 29.8 Å². The van der Waals surface area contributed by atoms with Gasteiger partial charge in [-0.25, -0.2) is 0 Å². The Balaban J connectivity index is 1.97. The van der Waals surface area contributed by atoms with Crippen molar-refractivity contribution in [2.75, 3.05) is 0 Å². The maximum Gasteiger partial charge on any atom is 0.339 e. The Morgan fingerprint density at radius 2 is 1.50 bits per heavy atom. The molecule has 0 saturated carbocycles. The highest BCUT2D eigenvalue weighted by Crippen LogP contribution is 2.25. The first kappa shape index (κ1) is 14.4. The summed E-state index contributed by atoms with van der Waals surface area (Å²) < 4.78 is 29.8. The maximum atomic E-state index is 12.3. The van der Waals surface area contributed by atoms with Gasteiger partial charge in [-0.05, 0) is 54.1 Å². The normalized spacial score (nSPS) is 11.5. The molecule has 0 spiro atoms. The molecule has 5 heteroatoms. The van der Waals surface area contributed by atoms with Crippen molar-refractivity contribution >= 4 is 20.9 Å². The Kier molecular flexibility index (Phi) is 3.50. The van der Waals surface area contributed by atoms with Crippen LogP contribution in [-0.4, -0.2) is 13.5 Å². The average Bonchev–Trinajstić information content (AvgIpc) is 2.49. The molecule has 3 aromatic carbocycles. The standard InChI is InChI=1S/C17H14O4S/c1-12-2-7-16(8-3-12)21-22(19,20)17-9-5-13-10-15(18)6-4-14(13)11-17/h2-11,18H,1H3. The highest BCUT2D eigenvalue weighted by atomic mass is 32.2. The summed E-state index contributed by atoms with van der Waals surface area (Å²) in [5, 5.41) is 10.9. The summed E-state index contributed by atoms with van der Waals surface area (Å²) in [5.74, 6) is 0.412.